The van der Waals surface area contributed by atoms with Crippen molar-refractivity contribution in [2.24, 2.45) is 0 Å². The molecule has 105 valence electrons. The molecule has 0 amide bonds. The van der Waals surface area contributed by atoms with Gasteiger partial charge in [-0.05, 0) is 0 Å². The van der Waals surface area contributed by atoms with Crippen LogP contribution in [-0.2, 0) is 36.0 Å². The first-order valence-electron chi connectivity index (χ1n) is 4.49. The Labute approximate surface area is 131 Å². The van der Waals surface area contributed by atoms with Gasteiger partial charge in [0.25, 0.3) is 27.2 Å². The summed E-state index contributed by atoms with van der Waals surface area (Å²) in [5.41, 5.74) is 0. The Kier molecular flexibility index (Phi) is 130. The van der Waals surface area contributed by atoms with Crippen LogP contribution in [0.1, 0.15) is 0 Å². The second-order valence-electron chi connectivity index (χ2n) is 2.44. The van der Waals surface area contributed by atoms with Gasteiger partial charge in [-0.25, -0.2) is 0 Å². The zero-order valence-electron chi connectivity index (χ0n) is 10.5. The normalized spacial score (nSPS) is 5.74. The van der Waals surface area contributed by atoms with Crippen molar-refractivity contribution in [3.05, 3.63) is 38.0 Å². The van der Waals surface area contributed by atoms with Gasteiger partial charge in [-0.15, -0.1) is 0 Å². The van der Waals surface area contributed by atoms with Crippen molar-refractivity contribution < 1.29 is 36.0 Å². The third-order valence-electron chi connectivity index (χ3n) is 1.50. The van der Waals surface area contributed by atoms with E-state index in [1.807, 2.05) is 18.2 Å². The Balaban J connectivity index is -0.0000000401. The van der Waals surface area contributed by atoms with Gasteiger partial charge >= 0.3 is 68.1 Å². The zero-order chi connectivity index (χ0) is 15.8. The first-order chi connectivity index (χ1) is 8.85. The second-order valence-corrected chi connectivity index (χ2v) is 9.04. The molecule has 0 saturated carbocycles. The summed E-state index contributed by atoms with van der Waals surface area (Å²) in [5, 5.41) is 3.76. The van der Waals surface area contributed by atoms with E-state index in [1.54, 1.807) is 0 Å². The molecule has 0 aliphatic carbocycles. The molecule has 4 nitrogen and oxygen atoms in total. The topological polar surface area (TPSA) is 68.3 Å². The van der Waals surface area contributed by atoms with Crippen LogP contribution < -0.4 is 0 Å². The minimum atomic E-state index is -1.03. The summed E-state index contributed by atoms with van der Waals surface area (Å²) in [6, 6.07) is 0. The maximum absolute atomic E-state index is 7.50. The fourth-order valence-corrected chi connectivity index (χ4v) is 5.17. The first kappa shape index (κ1) is 36.1. The van der Waals surface area contributed by atoms with Crippen molar-refractivity contribution in [1.29, 1.82) is 0 Å². The first-order valence-corrected chi connectivity index (χ1v) is 9.63. The van der Waals surface area contributed by atoms with E-state index in [0.717, 1.165) is 0 Å². The fourth-order valence-electron chi connectivity index (χ4n) is 0.996. The predicted molar refractivity (Wildman–Crippen MR) is 74.9 cm³/mol. The van der Waals surface area contributed by atoms with Crippen molar-refractivity contribution in [2.75, 3.05) is 0 Å². The Bertz CT molecular complexity index is 148. The largest absolute Gasteiger partial charge is 0.281 e. The zero-order valence-corrected chi connectivity index (χ0v) is 14.0. The number of hydrogen-bond donors (Lipinski definition) is 0. The van der Waals surface area contributed by atoms with Crippen molar-refractivity contribution in [2.45, 2.75) is 15.8 Å². The second kappa shape index (κ2) is 68.2. The van der Waals surface area contributed by atoms with Crippen LogP contribution in [0.25, 0.3) is 0 Å². The molecule has 0 rings (SSSR count). The monoisotopic (exact) mass is 369 g/mol. The van der Waals surface area contributed by atoms with E-state index >= 15 is 0 Å². The van der Waals surface area contributed by atoms with Gasteiger partial charge in [-0.1, -0.05) is 0 Å². The molecular weight excluding hydrogens is 352 g/mol. The molecule has 0 fully saturated rings. The average Bonchev–Trinajstić information content (AvgIpc) is 2.48. The average molecular weight is 368 g/mol. The van der Waals surface area contributed by atoms with Crippen molar-refractivity contribution in [1.82, 2.24) is 0 Å². The third-order valence-corrected chi connectivity index (χ3v) is 7.79. The minimum Gasteiger partial charge on any atom is -0.281 e. The van der Waals surface area contributed by atoms with E-state index in [0.29, 0.717) is 0 Å². The van der Waals surface area contributed by atoms with Crippen molar-refractivity contribution in [3.63, 3.8) is 0 Å². The summed E-state index contributed by atoms with van der Waals surface area (Å²) in [7, 11) is 0. The summed E-state index contributed by atoms with van der Waals surface area (Å²) in [5.74, 6) is 0. The molecule has 0 bridgehead atoms. The number of hydrogen-bond acceptors (Lipinski definition) is 4. The van der Waals surface area contributed by atoms with Crippen LogP contribution in [0.5, 0.6) is 0 Å². The van der Waals surface area contributed by atoms with Crippen LogP contribution in [0.3, 0.4) is 0 Å². The molecule has 0 spiro atoms. The molecule has 19 heavy (non-hydrogen) atoms. The van der Waals surface area contributed by atoms with Crippen LogP contribution in [0.15, 0.2) is 38.0 Å². The van der Waals surface area contributed by atoms with Gasteiger partial charge in [0.1, 0.15) is 0 Å². The maximum atomic E-state index is 7.50. The van der Waals surface area contributed by atoms with Crippen LogP contribution in [-0.4, -0.2) is 41.5 Å². The number of rotatable bonds is 6. The van der Waals surface area contributed by atoms with Crippen molar-refractivity contribution in [3.8, 4) is 0 Å². The summed E-state index contributed by atoms with van der Waals surface area (Å²) < 4.78 is 0. The van der Waals surface area contributed by atoms with E-state index in [1.165, 1.54) is 15.8 Å². The molecule has 0 unspecified atom stereocenters. The van der Waals surface area contributed by atoms with Gasteiger partial charge in [-0.3, -0.25) is 19.2 Å². The van der Waals surface area contributed by atoms with E-state index < -0.39 is 14.3 Å². The van der Waals surface area contributed by atoms with Crippen LogP contribution >= 0.6 is 0 Å². The summed E-state index contributed by atoms with van der Waals surface area (Å²) in [4.78, 5) is 30.0. The van der Waals surface area contributed by atoms with Gasteiger partial charge in [0, 0.05) is 16.8 Å². The molecule has 0 heterocycles. The van der Waals surface area contributed by atoms with Crippen LogP contribution in [0.2, 0.25) is 15.8 Å². The smallest absolute Gasteiger partial charge is 0.281 e. The van der Waals surface area contributed by atoms with Gasteiger partial charge in [0.2, 0.25) is 0 Å². The summed E-state index contributed by atoms with van der Waals surface area (Å²) in [6.07, 6.45) is 6.12. The Morgan fingerprint density at radius 3 is 0.895 bits per heavy atom. The molecule has 0 atom stereocenters. The number of allylic oxidation sites excluding steroid dienone is 3. The SMILES string of the molecule is C=C[CH2][GeH]([CH2]C=C)[CH2]C=C.[C]=O.[C]=O.[C]=O.[C]=O.[Co]. The van der Waals surface area contributed by atoms with Gasteiger partial charge in [-0.2, -0.15) is 0 Å². The van der Waals surface area contributed by atoms with Crippen LogP contribution in [0.4, 0.5) is 0 Å². The van der Waals surface area contributed by atoms with Crippen LogP contribution in [0, 0.1) is 0 Å². The van der Waals surface area contributed by atoms with Gasteiger partial charge in [0.05, 0.1) is 0 Å². The predicted octanol–water partition coefficient (Wildman–Crippen LogP) is 1.18. The van der Waals surface area contributed by atoms with E-state index in [9.17, 15) is 0 Å². The molecule has 0 aliphatic heterocycles. The summed E-state index contributed by atoms with van der Waals surface area (Å²) in [6.45, 7) is 29.2. The Morgan fingerprint density at radius 2 is 0.789 bits per heavy atom. The Hall–Kier alpha value is -1.05. The molecule has 0 aromatic carbocycles. The third kappa shape index (κ3) is 59.9. The maximum Gasteiger partial charge on any atom is 0.281 e. The molecule has 0 aromatic heterocycles. The van der Waals surface area contributed by atoms with Crippen molar-refractivity contribution >= 4 is 41.5 Å². The van der Waals surface area contributed by atoms with Gasteiger partial charge < -0.3 is 0 Å². The molecule has 6 heteroatoms. The molecule has 0 saturated heterocycles. The molecule has 0 aromatic rings. The molecule has 0 aliphatic rings. The molecule has 9 radical (unpaired) electrons. The Morgan fingerprint density at radius 1 is 0.632 bits per heavy atom. The molecule has 0 N–H and O–H groups in total. The standard InChI is InChI=1S/C9H16Ge.4CO.Co/c1-4-7-10(8-5-2)9-6-3;4*1-2;/h4-6,10H,1-3,7-9H2;;;;;. The van der Waals surface area contributed by atoms with E-state index in [-0.39, 0.29) is 16.8 Å². The number of carbonyl (C=O) groups excluding carboxylic acids is 4. The molecular formula is C13H16CoGeO4. The fraction of sp³-hybridized carbons (Fsp3) is 0.231. The van der Waals surface area contributed by atoms with E-state index in [4.69, 9.17) is 19.2 Å². The quantitative estimate of drug-likeness (QED) is 0.522. The minimum absolute atomic E-state index is 0. The van der Waals surface area contributed by atoms with E-state index in [2.05, 4.69) is 46.9 Å². The summed E-state index contributed by atoms with van der Waals surface area (Å²) >= 11 is -1.03. The van der Waals surface area contributed by atoms with Gasteiger partial charge in [0.15, 0.2) is 0 Å².